The number of non-ortho nitro benzene ring substituents is 1. The van der Waals surface area contributed by atoms with Crippen LogP contribution in [-0.2, 0) is 0 Å². The zero-order chi connectivity index (χ0) is 25.3. The van der Waals surface area contributed by atoms with E-state index < -0.39 is 4.92 Å². The van der Waals surface area contributed by atoms with Gasteiger partial charge in [-0.15, -0.1) is 0 Å². The third-order valence-corrected chi connectivity index (χ3v) is 8.03. The Hall–Kier alpha value is -3.94. The lowest BCUT2D eigenvalue weighted by Gasteiger charge is -2.13. The molecule has 0 saturated carbocycles. The summed E-state index contributed by atoms with van der Waals surface area (Å²) in [5.74, 6) is 0. The molecular weight excluding hydrogens is 596 g/mol. The Balaban J connectivity index is 1.47. The van der Waals surface area contributed by atoms with Crippen molar-refractivity contribution in [2.75, 3.05) is 0 Å². The number of benzene rings is 5. The lowest BCUT2D eigenvalue weighted by atomic mass is 10.0. The quantitative estimate of drug-likeness (QED) is 0.148. The molecular formula is C30H16Br2N2O3. The predicted molar refractivity (Wildman–Crippen MR) is 156 cm³/mol. The molecule has 2 heterocycles. The summed E-state index contributed by atoms with van der Waals surface area (Å²) in [6.45, 7) is 0. The number of halogens is 2. The molecule has 0 unspecified atom stereocenters. The Bertz CT molecular complexity index is 2030. The first-order valence-electron chi connectivity index (χ1n) is 11.6. The van der Waals surface area contributed by atoms with Crippen molar-refractivity contribution in [3.63, 3.8) is 0 Å². The second-order valence-corrected chi connectivity index (χ2v) is 10.6. The van der Waals surface area contributed by atoms with E-state index in [2.05, 4.69) is 85.0 Å². The van der Waals surface area contributed by atoms with Crippen molar-refractivity contribution in [1.82, 2.24) is 4.57 Å². The summed E-state index contributed by atoms with van der Waals surface area (Å²) in [6, 6.07) is 32.1. The summed E-state index contributed by atoms with van der Waals surface area (Å²) >= 11 is 7.17. The largest absolute Gasteiger partial charge is 0.456 e. The van der Waals surface area contributed by atoms with Gasteiger partial charge in [0.2, 0.25) is 0 Å². The summed E-state index contributed by atoms with van der Waals surface area (Å²) in [7, 11) is 0. The zero-order valence-electron chi connectivity index (χ0n) is 19.1. The molecule has 0 saturated heterocycles. The zero-order valence-corrected chi connectivity index (χ0v) is 22.3. The molecule has 0 aliphatic carbocycles. The fourth-order valence-corrected chi connectivity index (χ4v) is 6.69. The predicted octanol–water partition coefficient (Wildman–Crippen LogP) is 9.78. The number of hydrogen-bond donors (Lipinski definition) is 0. The van der Waals surface area contributed by atoms with Crippen LogP contribution in [0.15, 0.2) is 110 Å². The Labute approximate surface area is 227 Å². The highest BCUT2D eigenvalue weighted by Crippen LogP contribution is 2.41. The number of hydrogen-bond acceptors (Lipinski definition) is 3. The summed E-state index contributed by atoms with van der Waals surface area (Å²) < 4.78 is 9.43. The minimum Gasteiger partial charge on any atom is -0.456 e. The molecule has 2 aromatic heterocycles. The van der Waals surface area contributed by atoms with E-state index in [1.807, 2.05) is 36.4 Å². The first kappa shape index (κ1) is 22.3. The van der Waals surface area contributed by atoms with Gasteiger partial charge in [0.05, 0.1) is 21.6 Å². The average molecular weight is 612 g/mol. The lowest BCUT2D eigenvalue weighted by Crippen LogP contribution is -1.98. The van der Waals surface area contributed by atoms with Crippen LogP contribution in [0.4, 0.5) is 5.69 Å². The van der Waals surface area contributed by atoms with Gasteiger partial charge in [-0.3, -0.25) is 10.1 Å². The van der Waals surface area contributed by atoms with Crippen molar-refractivity contribution in [3.8, 4) is 16.8 Å². The number of fused-ring (bicyclic) bond motifs is 6. The van der Waals surface area contributed by atoms with Crippen LogP contribution in [0.25, 0.3) is 60.6 Å². The molecule has 7 heteroatoms. The van der Waals surface area contributed by atoms with E-state index >= 15 is 0 Å². The van der Waals surface area contributed by atoms with E-state index in [1.165, 1.54) is 0 Å². The Morgan fingerprint density at radius 2 is 1.24 bits per heavy atom. The van der Waals surface area contributed by atoms with Gasteiger partial charge < -0.3 is 8.98 Å². The minimum absolute atomic E-state index is 0.0210. The van der Waals surface area contributed by atoms with Crippen LogP contribution in [0.3, 0.4) is 0 Å². The molecule has 0 atom stereocenters. The maximum atomic E-state index is 11.4. The fourth-order valence-electron chi connectivity index (χ4n) is 5.17. The fraction of sp³-hybridized carbons (Fsp3) is 0. The summed E-state index contributed by atoms with van der Waals surface area (Å²) in [5.41, 5.74) is 6.82. The van der Waals surface area contributed by atoms with Crippen LogP contribution >= 0.6 is 31.9 Å². The SMILES string of the molecule is O=[N+]([O-])c1cc(Br)c(-n2c3ccccc3c3cc(-c4ccc5oc6ccccc6c5c4)ccc32)c(Br)c1. The highest BCUT2D eigenvalue weighted by Gasteiger charge is 2.20. The van der Waals surface area contributed by atoms with Crippen molar-refractivity contribution in [3.05, 3.63) is 116 Å². The standard InChI is InChI=1S/C30H16Br2N2O3/c31-24-15-19(34(35)36)16-25(32)30(24)33-26-7-3-1-5-20(26)22-13-17(9-11-27(22)33)18-10-12-29-23(14-18)21-6-2-4-8-28(21)37-29/h1-16H. The van der Waals surface area contributed by atoms with E-state index in [1.54, 1.807) is 12.1 Å². The molecule has 0 aliphatic heterocycles. The number of nitro groups is 1. The topological polar surface area (TPSA) is 61.2 Å². The molecule has 0 radical (unpaired) electrons. The van der Waals surface area contributed by atoms with Crippen LogP contribution < -0.4 is 0 Å². The van der Waals surface area contributed by atoms with E-state index in [4.69, 9.17) is 4.42 Å². The number of aromatic nitrogens is 1. The molecule has 7 aromatic rings. The second-order valence-electron chi connectivity index (χ2n) is 8.91. The molecule has 37 heavy (non-hydrogen) atoms. The molecule has 0 bridgehead atoms. The van der Waals surface area contributed by atoms with Gasteiger partial charge in [0.1, 0.15) is 11.2 Å². The second kappa shape index (κ2) is 8.30. The third-order valence-electron chi connectivity index (χ3n) is 6.82. The van der Waals surface area contributed by atoms with Crippen LogP contribution in [-0.4, -0.2) is 9.49 Å². The number of para-hydroxylation sites is 2. The van der Waals surface area contributed by atoms with E-state index in [9.17, 15) is 10.1 Å². The van der Waals surface area contributed by atoms with E-state index in [0.29, 0.717) is 8.95 Å². The average Bonchev–Trinajstić information content (AvgIpc) is 3.43. The van der Waals surface area contributed by atoms with Crippen molar-refractivity contribution >= 4 is 81.3 Å². The van der Waals surface area contributed by atoms with E-state index in [0.717, 1.165) is 60.6 Å². The van der Waals surface area contributed by atoms with Crippen molar-refractivity contribution in [2.24, 2.45) is 0 Å². The van der Waals surface area contributed by atoms with Gasteiger partial charge >= 0.3 is 0 Å². The molecule has 5 nitrogen and oxygen atoms in total. The smallest absolute Gasteiger partial charge is 0.271 e. The van der Waals surface area contributed by atoms with Crippen LogP contribution in [0, 0.1) is 10.1 Å². The van der Waals surface area contributed by atoms with Crippen LogP contribution in [0.1, 0.15) is 0 Å². The van der Waals surface area contributed by atoms with Gasteiger partial charge in [-0.05, 0) is 79.4 Å². The third kappa shape index (κ3) is 3.42. The summed E-state index contributed by atoms with van der Waals surface area (Å²) in [5, 5.41) is 15.8. The highest BCUT2D eigenvalue weighted by atomic mass is 79.9. The van der Waals surface area contributed by atoms with Crippen molar-refractivity contribution in [2.45, 2.75) is 0 Å². The van der Waals surface area contributed by atoms with Crippen LogP contribution in [0.2, 0.25) is 0 Å². The monoisotopic (exact) mass is 610 g/mol. The van der Waals surface area contributed by atoms with Crippen LogP contribution in [0.5, 0.6) is 0 Å². The van der Waals surface area contributed by atoms with Gasteiger partial charge in [-0.25, -0.2) is 0 Å². The highest BCUT2D eigenvalue weighted by molar-refractivity contribution is 9.11. The lowest BCUT2D eigenvalue weighted by molar-refractivity contribution is -0.385. The normalized spacial score (nSPS) is 11.7. The molecule has 5 aromatic carbocycles. The van der Waals surface area contributed by atoms with Gasteiger partial charge in [0.25, 0.3) is 5.69 Å². The summed E-state index contributed by atoms with van der Waals surface area (Å²) in [6.07, 6.45) is 0. The van der Waals surface area contributed by atoms with Crippen molar-refractivity contribution < 1.29 is 9.34 Å². The maximum absolute atomic E-state index is 11.4. The molecule has 0 spiro atoms. The Morgan fingerprint density at radius 3 is 2.00 bits per heavy atom. The maximum Gasteiger partial charge on any atom is 0.271 e. The Kier molecular flexibility index (Phi) is 4.99. The Morgan fingerprint density at radius 1 is 0.649 bits per heavy atom. The number of furan rings is 1. The molecule has 0 aliphatic rings. The van der Waals surface area contributed by atoms with Gasteiger partial charge in [0, 0.05) is 42.6 Å². The molecule has 0 amide bonds. The number of nitrogens with zero attached hydrogens (tertiary/aromatic N) is 2. The molecule has 7 rings (SSSR count). The van der Waals surface area contributed by atoms with E-state index in [-0.39, 0.29) is 5.69 Å². The molecule has 0 N–H and O–H groups in total. The number of rotatable bonds is 3. The van der Waals surface area contributed by atoms with Crippen molar-refractivity contribution in [1.29, 1.82) is 0 Å². The van der Waals surface area contributed by atoms with Gasteiger partial charge in [-0.1, -0.05) is 48.5 Å². The molecule has 178 valence electrons. The first-order valence-corrected chi connectivity index (χ1v) is 13.2. The number of nitro benzene ring substituents is 1. The van der Waals surface area contributed by atoms with Gasteiger partial charge in [0.15, 0.2) is 0 Å². The minimum atomic E-state index is -0.391. The summed E-state index contributed by atoms with van der Waals surface area (Å²) in [4.78, 5) is 11.0. The molecule has 0 fully saturated rings. The first-order chi connectivity index (χ1) is 18.0. The van der Waals surface area contributed by atoms with Gasteiger partial charge in [-0.2, -0.15) is 0 Å².